The van der Waals surface area contributed by atoms with Gasteiger partial charge >= 0.3 is 5.69 Å². The number of fused-ring (bicyclic) bond motifs is 1. The zero-order chi connectivity index (χ0) is 28.0. The average Bonchev–Trinajstić information content (AvgIpc) is 3.00. The van der Waals surface area contributed by atoms with Crippen molar-refractivity contribution < 1.29 is 25.7 Å². The molecule has 0 fully saturated rings. The van der Waals surface area contributed by atoms with Crippen molar-refractivity contribution in [1.29, 1.82) is 0 Å². The van der Waals surface area contributed by atoms with Gasteiger partial charge in [-0.15, -0.1) is 0 Å². The van der Waals surface area contributed by atoms with Crippen LogP contribution in [0.3, 0.4) is 0 Å². The molecule has 0 bridgehead atoms. The van der Waals surface area contributed by atoms with Crippen LogP contribution in [0.4, 0.5) is 0 Å². The Morgan fingerprint density at radius 3 is 3.05 bits per heavy atom. The Balaban J connectivity index is 3.00. The molecule has 0 aromatic carbocycles. The van der Waals surface area contributed by atoms with Gasteiger partial charge < -0.3 is 9.67 Å². The minimum atomic E-state index is -4.42. The third kappa shape index (κ3) is 2.53. The van der Waals surface area contributed by atoms with Gasteiger partial charge in [-0.05, 0) is 26.0 Å². The van der Waals surface area contributed by atoms with Gasteiger partial charge in [-0.1, -0.05) is 0 Å². The van der Waals surface area contributed by atoms with E-state index in [4.69, 9.17) is 20.6 Å². The zero-order valence-corrected chi connectivity index (χ0v) is 10.1. The Labute approximate surface area is 137 Å². The van der Waals surface area contributed by atoms with Gasteiger partial charge in [0, 0.05) is 37.0 Å². The van der Waals surface area contributed by atoms with Crippen molar-refractivity contribution in [3.8, 4) is 0 Å². The van der Waals surface area contributed by atoms with Crippen molar-refractivity contribution in [3.05, 3.63) is 27.2 Å². The number of rotatable bonds is 5. The molecule has 2 aromatic heterocycles. The smallest absolute Gasteiger partial charge is 0.332 e. The Morgan fingerprint density at radius 1 is 1.55 bits per heavy atom. The normalized spacial score (nSPS) is 29.8. The molecule has 7 heteroatoms. The molecule has 20 heavy (non-hydrogen) atoms. The lowest BCUT2D eigenvalue weighted by Gasteiger charge is -2.09. The van der Waals surface area contributed by atoms with E-state index in [9.17, 15) is 14.7 Å². The van der Waals surface area contributed by atoms with E-state index < -0.39 is 72.5 Å². The molecular weight excluding hydrogens is 260 g/mol. The van der Waals surface area contributed by atoms with E-state index >= 15 is 0 Å². The van der Waals surface area contributed by atoms with Crippen LogP contribution in [0, 0.1) is 0 Å². The maximum absolute atomic E-state index is 13.0. The van der Waals surface area contributed by atoms with Crippen LogP contribution in [-0.4, -0.2) is 29.9 Å². The fourth-order valence-electron chi connectivity index (χ4n) is 1.48. The number of aliphatic hydroxyl groups is 1. The zero-order valence-electron chi connectivity index (χ0n) is 25.1. The van der Waals surface area contributed by atoms with Crippen LogP contribution in [0.25, 0.3) is 11.2 Å². The molecule has 0 aliphatic heterocycles. The summed E-state index contributed by atoms with van der Waals surface area (Å²) in [6, 6.07) is 0. The Kier molecular flexibility index (Phi) is 1.28. The molecule has 0 saturated heterocycles. The second-order valence-electron chi connectivity index (χ2n) is 3.62. The summed E-state index contributed by atoms with van der Waals surface area (Å²) in [6.45, 7) is -11.6. The molecule has 0 aliphatic carbocycles. The molecule has 0 saturated carbocycles. The average molecular weight is 295 g/mol. The third-order valence-electron chi connectivity index (χ3n) is 2.33. The molecular formula is C13H20N4O3. The molecule has 7 nitrogen and oxygen atoms in total. The number of aromatic nitrogens is 4. The predicted molar refractivity (Wildman–Crippen MR) is 75.7 cm³/mol. The fraction of sp³-hybridized carbons (Fsp3) is 0.615. The van der Waals surface area contributed by atoms with Crippen LogP contribution in [0.1, 0.15) is 46.5 Å². The predicted octanol–water partition coefficient (Wildman–Crippen LogP) is -0.0152. The Hall–Kier alpha value is -1.89. The van der Waals surface area contributed by atoms with Gasteiger partial charge in [0.25, 0.3) is 5.56 Å². The molecule has 2 heterocycles. The summed E-state index contributed by atoms with van der Waals surface area (Å²) in [7, 11) is 1.16. The van der Waals surface area contributed by atoms with Gasteiger partial charge in [-0.3, -0.25) is 13.9 Å². The van der Waals surface area contributed by atoms with Gasteiger partial charge in [0.2, 0.25) is 0 Å². The van der Waals surface area contributed by atoms with E-state index in [0.717, 1.165) is 17.9 Å². The highest BCUT2D eigenvalue weighted by Gasteiger charge is 2.14. The highest BCUT2D eigenvalue weighted by atomic mass is 16.3. The van der Waals surface area contributed by atoms with E-state index in [1.54, 1.807) is 0 Å². The van der Waals surface area contributed by atoms with Crippen molar-refractivity contribution in [3.63, 3.8) is 0 Å². The minimum absolute atomic E-state index is 0.120. The van der Waals surface area contributed by atoms with E-state index in [2.05, 4.69) is 4.98 Å². The molecule has 0 radical (unpaired) electrons. The molecule has 0 spiro atoms. The molecule has 0 aliphatic rings. The maximum atomic E-state index is 13.0. The first-order valence-corrected chi connectivity index (χ1v) is 5.13. The molecule has 1 N–H and O–H groups in total. The molecule has 110 valence electrons. The Bertz CT molecular complexity index is 1260. The monoisotopic (exact) mass is 295 g/mol. The molecule has 0 amide bonds. The fourth-order valence-corrected chi connectivity index (χ4v) is 1.48. The van der Waals surface area contributed by atoms with Crippen molar-refractivity contribution in [1.82, 2.24) is 18.7 Å². The number of hydrogen-bond donors (Lipinski definition) is 1. The van der Waals surface area contributed by atoms with Crippen molar-refractivity contribution in [2.45, 2.75) is 38.5 Å². The number of imidazole rings is 1. The summed E-state index contributed by atoms with van der Waals surface area (Å²) in [5.74, 6) is 0. The summed E-state index contributed by atoms with van der Waals surface area (Å²) in [5.41, 5.74) is -5.09. The summed E-state index contributed by atoms with van der Waals surface area (Å²) in [5, 5.41) is 10.0. The summed E-state index contributed by atoms with van der Waals surface area (Å²) >= 11 is 0. The summed E-state index contributed by atoms with van der Waals surface area (Å²) in [4.78, 5) is 29.7. The first-order chi connectivity index (χ1) is 15.2. The maximum Gasteiger partial charge on any atom is 0.332 e. The highest BCUT2D eigenvalue weighted by Crippen LogP contribution is 2.04. The van der Waals surface area contributed by atoms with E-state index in [1.807, 2.05) is 0 Å². The van der Waals surface area contributed by atoms with E-state index in [1.165, 1.54) is 0 Å². The molecule has 1 unspecified atom stereocenters. The lowest BCUT2D eigenvalue weighted by molar-refractivity contribution is 0.180. The van der Waals surface area contributed by atoms with E-state index in [0.29, 0.717) is 0 Å². The van der Waals surface area contributed by atoms with Crippen LogP contribution in [0.2, 0.25) is 0 Å². The van der Waals surface area contributed by atoms with Gasteiger partial charge in [0.05, 0.1) is 16.5 Å². The lowest BCUT2D eigenvalue weighted by Crippen LogP contribution is -2.39. The second-order valence-corrected chi connectivity index (χ2v) is 3.62. The van der Waals surface area contributed by atoms with Crippen LogP contribution in [0.5, 0.6) is 0 Å². The summed E-state index contributed by atoms with van der Waals surface area (Å²) in [6.07, 6.45) is -16.6. The van der Waals surface area contributed by atoms with Gasteiger partial charge in [0.1, 0.15) is 0 Å². The first kappa shape index (κ1) is 4.56. The van der Waals surface area contributed by atoms with Crippen molar-refractivity contribution in [2.75, 3.05) is 0 Å². The standard InChI is InChI=1S/C13H20N4O3/c1-9(18)6-4-5-7-17-12(19)10-11(14-8-15(10)2)16(3)13(17)20/h8-9,18H,4-7H2,1-3H3/i1D3,3D3,4D2,5D2,6D2,7D2,9D. The highest BCUT2D eigenvalue weighted by molar-refractivity contribution is 5.69. The van der Waals surface area contributed by atoms with Gasteiger partial charge in [-0.2, -0.15) is 0 Å². The van der Waals surface area contributed by atoms with Gasteiger partial charge in [-0.25, -0.2) is 9.78 Å². The number of aryl methyl sites for hydroxylation is 2. The summed E-state index contributed by atoms with van der Waals surface area (Å²) < 4.78 is 116. The van der Waals surface area contributed by atoms with Gasteiger partial charge in [0.15, 0.2) is 11.2 Å². The largest absolute Gasteiger partial charge is 0.393 e. The second kappa shape index (κ2) is 5.62. The quantitative estimate of drug-likeness (QED) is 0.841. The molecule has 1 atom stereocenters. The Morgan fingerprint density at radius 2 is 2.35 bits per heavy atom. The van der Waals surface area contributed by atoms with E-state index in [-0.39, 0.29) is 4.57 Å². The van der Waals surface area contributed by atoms with Crippen molar-refractivity contribution in [2.24, 2.45) is 14.0 Å². The lowest BCUT2D eigenvalue weighted by atomic mass is 10.2. The van der Waals surface area contributed by atoms with Crippen LogP contribution in [0.15, 0.2) is 15.9 Å². The van der Waals surface area contributed by atoms with Crippen LogP contribution in [-0.2, 0) is 20.5 Å². The topological polar surface area (TPSA) is 82.0 Å². The van der Waals surface area contributed by atoms with Crippen LogP contribution < -0.4 is 11.2 Å². The first-order valence-electron chi connectivity index (χ1n) is 12.6. The number of hydrogen-bond acceptors (Lipinski definition) is 4. The minimum Gasteiger partial charge on any atom is -0.393 e. The molecule has 2 aromatic rings. The number of nitrogens with zero attached hydrogens (tertiary/aromatic N) is 4. The van der Waals surface area contributed by atoms with Crippen LogP contribution >= 0.6 is 0 Å². The SMILES string of the molecule is [2H]C([2H])([2H])n1c(=O)n(C([2H])([2H])C([2H])([2H])C([2H])([2H])C([2H])([2H])C([2H])(O)C([2H])([2H])[2H])c(=O)c2c1ncn2C. The van der Waals surface area contributed by atoms with Crippen molar-refractivity contribution >= 4 is 11.2 Å². The molecule has 2 rings (SSSR count). The third-order valence-corrected chi connectivity index (χ3v) is 2.33.